The number of hydrogen-bond acceptors (Lipinski definition) is 3. The summed E-state index contributed by atoms with van der Waals surface area (Å²) in [6.07, 6.45) is 0. The molecule has 0 saturated carbocycles. The highest BCUT2D eigenvalue weighted by Gasteiger charge is 2.32. The van der Waals surface area contributed by atoms with Crippen LogP contribution >= 0.6 is 27.5 Å². The predicted octanol–water partition coefficient (Wildman–Crippen LogP) is 3.73. The first-order valence-electron chi connectivity index (χ1n) is 8.68. The van der Waals surface area contributed by atoms with Gasteiger partial charge in [-0.05, 0) is 30.3 Å². The topological polar surface area (TPSA) is 73.5 Å². The van der Waals surface area contributed by atoms with Crippen molar-refractivity contribution in [3.05, 3.63) is 63.7 Å². The molecule has 9 heteroatoms. The Labute approximate surface area is 176 Å². The summed E-state index contributed by atoms with van der Waals surface area (Å²) in [5, 5.41) is 1.14. The second-order valence-electron chi connectivity index (χ2n) is 6.54. The fraction of sp³-hybridized carbons (Fsp3) is 0.211. The van der Waals surface area contributed by atoms with E-state index in [4.69, 9.17) is 11.6 Å². The molecular formula is C19H17BrClN3O3S. The Morgan fingerprint density at radius 1 is 1.04 bits per heavy atom. The van der Waals surface area contributed by atoms with Crippen LogP contribution < -0.4 is 0 Å². The highest BCUT2D eigenvalue weighted by Crippen LogP contribution is 2.28. The highest BCUT2D eigenvalue weighted by atomic mass is 79.9. The van der Waals surface area contributed by atoms with Crippen molar-refractivity contribution in [2.24, 2.45) is 0 Å². The van der Waals surface area contributed by atoms with Gasteiger partial charge < -0.3 is 9.88 Å². The van der Waals surface area contributed by atoms with E-state index < -0.39 is 10.0 Å². The van der Waals surface area contributed by atoms with Gasteiger partial charge in [0.25, 0.3) is 5.91 Å². The van der Waals surface area contributed by atoms with E-state index in [2.05, 4.69) is 20.9 Å². The molecule has 0 aliphatic carbocycles. The molecule has 0 spiro atoms. The van der Waals surface area contributed by atoms with E-state index in [1.807, 2.05) is 30.3 Å². The van der Waals surface area contributed by atoms with Crippen molar-refractivity contribution in [3.8, 4) is 0 Å². The maximum Gasteiger partial charge on any atom is 0.270 e. The van der Waals surface area contributed by atoms with Gasteiger partial charge in [0.15, 0.2) is 0 Å². The van der Waals surface area contributed by atoms with Crippen LogP contribution in [0.1, 0.15) is 10.5 Å². The number of aromatic nitrogens is 1. The van der Waals surface area contributed by atoms with Gasteiger partial charge in [0, 0.05) is 41.6 Å². The molecule has 1 saturated heterocycles. The normalized spacial score (nSPS) is 15.9. The first-order chi connectivity index (χ1) is 13.4. The van der Waals surface area contributed by atoms with Gasteiger partial charge in [-0.1, -0.05) is 45.7 Å². The zero-order chi connectivity index (χ0) is 19.9. The lowest BCUT2D eigenvalue weighted by molar-refractivity contribution is 0.0693. The summed E-state index contributed by atoms with van der Waals surface area (Å²) < 4.78 is 27.9. The average molecular weight is 483 g/mol. The smallest absolute Gasteiger partial charge is 0.270 e. The second-order valence-corrected chi connectivity index (χ2v) is 9.77. The molecule has 1 aliphatic heterocycles. The third-order valence-corrected chi connectivity index (χ3v) is 7.67. The number of fused-ring (bicyclic) bond motifs is 1. The summed E-state index contributed by atoms with van der Waals surface area (Å²) in [5.41, 5.74) is 1.41. The Morgan fingerprint density at radius 2 is 1.75 bits per heavy atom. The lowest BCUT2D eigenvalue weighted by Gasteiger charge is -2.34. The number of nitrogens with zero attached hydrogens (tertiary/aromatic N) is 2. The molecule has 2 aromatic carbocycles. The van der Waals surface area contributed by atoms with Crippen molar-refractivity contribution in [1.29, 1.82) is 0 Å². The standard InChI is InChI=1S/C19H17BrClN3O3S/c20-14-5-6-18(15(21)12-14)28(26,27)24-9-7-23(8-10-24)19(25)17-11-13-3-1-2-4-16(13)22-17/h1-6,11-12,22H,7-10H2. The summed E-state index contributed by atoms with van der Waals surface area (Å²) in [4.78, 5) is 17.7. The number of halogens is 2. The van der Waals surface area contributed by atoms with Crippen LogP contribution in [-0.2, 0) is 10.0 Å². The molecule has 0 bridgehead atoms. The number of nitrogens with one attached hydrogen (secondary N) is 1. The monoisotopic (exact) mass is 481 g/mol. The quantitative estimate of drug-likeness (QED) is 0.618. The van der Waals surface area contributed by atoms with Gasteiger partial charge in [-0.2, -0.15) is 4.31 Å². The lowest BCUT2D eigenvalue weighted by Crippen LogP contribution is -2.50. The van der Waals surface area contributed by atoms with Crippen molar-refractivity contribution in [1.82, 2.24) is 14.2 Å². The van der Waals surface area contributed by atoms with Crippen molar-refractivity contribution in [2.75, 3.05) is 26.2 Å². The number of H-pyrrole nitrogens is 1. The number of piperazine rings is 1. The van der Waals surface area contributed by atoms with E-state index in [9.17, 15) is 13.2 Å². The van der Waals surface area contributed by atoms with Crippen LogP contribution in [0.2, 0.25) is 5.02 Å². The molecule has 1 N–H and O–H groups in total. The van der Waals surface area contributed by atoms with Crippen LogP contribution in [0.4, 0.5) is 0 Å². The van der Waals surface area contributed by atoms with E-state index in [0.29, 0.717) is 23.3 Å². The van der Waals surface area contributed by atoms with Crippen LogP contribution in [-0.4, -0.2) is 54.7 Å². The van der Waals surface area contributed by atoms with Gasteiger partial charge in [0.2, 0.25) is 10.0 Å². The Morgan fingerprint density at radius 3 is 2.43 bits per heavy atom. The van der Waals surface area contributed by atoms with Gasteiger partial charge in [0.05, 0.1) is 5.02 Å². The lowest BCUT2D eigenvalue weighted by atomic mass is 10.2. The van der Waals surface area contributed by atoms with Crippen LogP contribution in [0.3, 0.4) is 0 Å². The third kappa shape index (κ3) is 3.57. The molecule has 0 radical (unpaired) electrons. The van der Waals surface area contributed by atoms with Crippen LogP contribution in [0.25, 0.3) is 10.9 Å². The van der Waals surface area contributed by atoms with E-state index in [1.165, 1.54) is 10.4 Å². The number of benzene rings is 2. The van der Waals surface area contributed by atoms with E-state index in [1.54, 1.807) is 17.0 Å². The molecule has 1 amide bonds. The van der Waals surface area contributed by atoms with Crippen LogP contribution in [0.5, 0.6) is 0 Å². The van der Waals surface area contributed by atoms with E-state index in [0.717, 1.165) is 10.9 Å². The largest absolute Gasteiger partial charge is 0.351 e. The molecule has 0 unspecified atom stereocenters. The van der Waals surface area contributed by atoms with Crippen molar-refractivity contribution in [3.63, 3.8) is 0 Å². The number of hydrogen-bond donors (Lipinski definition) is 1. The number of carbonyl (C=O) groups is 1. The van der Waals surface area contributed by atoms with Crippen LogP contribution in [0, 0.1) is 0 Å². The van der Waals surface area contributed by atoms with Gasteiger partial charge >= 0.3 is 0 Å². The van der Waals surface area contributed by atoms with Gasteiger partial charge in [-0.15, -0.1) is 0 Å². The molecule has 2 heterocycles. The number of aromatic amines is 1. The predicted molar refractivity (Wildman–Crippen MR) is 112 cm³/mol. The van der Waals surface area contributed by atoms with Crippen molar-refractivity contribution < 1.29 is 13.2 Å². The zero-order valence-electron chi connectivity index (χ0n) is 14.7. The first kappa shape index (κ1) is 19.4. The maximum atomic E-state index is 12.9. The molecule has 28 heavy (non-hydrogen) atoms. The maximum absolute atomic E-state index is 12.9. The Balaban J connectivity index is 1.48. The molecular weight excluding hydrogens is 466 g/mol. The summed E-state index contributed by atoms with van der Waals surface area (Å²) in [6, 6.07) is 14.2. The number of rotatable bonds is 3. The molecule has 146 valence electrons. The minimum atomic E-state index is -3.71. The molecule has 0 atom stereocenters. The number of para-hydroxylation sites is 1. The minimum absolute atomic E-state index is 0.0766. The minimum Gasteiger partial charge on any atom is -0.351 e. The van der Waals surface area contributed by atoms with Gasteiger partial charge in [0.1, 0.15) is 10.6 Å². The summed E-state index contributed by atoms with van der Waals surface area (Å²) in [7, 11) is -3.71. The second kappa shape index (κ2) is 7.51. The Hall–Kier alpha value is -1.87. The van der Waals surface area contributed by atoms with E-state index >= 15 is 0 Å². The number of amides is 1. The fourth-order valence-electron chi connectivity index (χ4n) is 3.31. The highest BCUT2D eigenvalue weighted by molar-refractivity contribution is 9.10. The van der Waals surface area contributed by atoms with Crippen molar-refractivity contribution in [2.45, 2.75) is 4.90 Å². The summed E-state index contributed by atoms with van der Waals surface area (Å²) in [5.74, 6) is -0.130. The molecule has 4 rings (SSSR count). The molecule has 3 aromatic rings. The molecule has 1 aliphatic rings. The zero-order valence-corrected chi connectivity index (χ0v) is 17.9. The first-order valence-corrected chi connectivity index (χ1v) is 11.3. The Bertz CT molecular complexity index is 1120. The molecule has 1 aromatic heterocycles. The summed E-state index contributed by atoms with van der Waals surface area (Å²) >= 11 is 9.40. The SMILES string of the molecule is O=C(c1cc2ccccc2[nH]1)N1CCN(S(=O)(=O)c2ccc(Br)cc2Cl)CC1. The average Bonchev–Trinajstić information content (AvgIpc) is 3.11. The Kier molecular flexibility index (Phi) is 5.22. The van der Waals surface area contributed by atoms with Gasteiger partial charge in [-0.25, -0.2) is 8.42 Å². The fourth-order valence-corrected chi connectivity index (χ4v) is 5.75. The number of carbonyl (C=O) groups excluding carboxylic acids is 1. The number of sulfonamides is 1. The molecule has 6 nitrogen and oxygen atoms in total. The third-order valence-electron chi connectivity index (χ3n) is 4.80. The summed E-state index contributed by atoms with van der Waals surface area (Å²) in [6.45, 7) is 1.09. The van der Waals surface area contributed by atoms with Crippen LogP contribution in [0.15, 0.2) is 57.9 Å². The van der Waals surface area contributed by atoms with Gasteiger partial charge in [-0.3, -0.25) is 4.79 Å². The molecule has 1 fully saturated rings. The van der Waals surface area contributed by atoms with E-state index in [-0.39, 0.29) is 28.9 Å². The van der Waals surface area contributed by atoms with Crippen molar-refractivity contribution >= 4 is 54.4 Å².